The number of thiazole rings is 1. The van der Waals surface area contributed by atoms with Crippen LogP contribution in [0.3, 0.4) is 0 Å². The number of ether oxygens (including phenoxy) is 1. The van der Waals surface area contributed by atoms with Crippen LogP contribution in [0.15, 0.2) is 53.9 Å². The van der Waals surface area contributed by atoms with Crippen molar-refractivity contribution in [1.82, 2.24) is 15.4 Å². The van der Waals surface area contributed by atoms with Gasteiger partial charge in [-0.3, -0.25) is 9.78 Å². The zero-order valence-corrected chi connectivity index (χ0v) is 15.2. The van der Waals surface area contributed by atoms with Gasteiger partial charge < -0.3 is 10.1 Å². The van der Waals surface area contributed by atoms with E-state index in [1.165, 1.54) is 23.7 Å². The van der Waals surface area contributed by atoms with E-state index < -0.39 is 0 Å². The van der Waals surface area contributed by atoms with E-state index in [1.807, 2.05) is 24.3 Å². The number of halogens is 1. The molecule has 2 N–H and O–H groups in total. The van der Waals surface area contributed by atoms with Crippen LogP contribution in [-0.2, 0) is 0 Å². The van der Waals surface area contributed by atoms with E-state index in [4.69, 9.17) is 16.3 Å². The highest BCUT2D eigenvalue weighted by Crippen LogP contribution is 2.28. The molecule has 1 amide bonds. The summed E-state index contributed by atoms with van der Waals surface area (Å²) in [7, 11) is 1.61. The number of hydrogen-bond acceptors (Lipinski definition) is 7. The predicted molar refractivity (Wildman–Crippen MR) is 103 cm³/mol. The number of pyridine rings is 1. The number of carbonyl (C=O) groups excluding carboxylic acids is 1. The van der Waals surface area contributed by atoms with Crippen LogP contribution >= 0.6 is 22.9 Å². The maximum atomic E-state index is 11.9. The first-order valence-corrected chi connectivity index (χ1v) is 8.66. The standard InChI is InChI=1S/C17H14ClN5O2S/c1-25-13-6-4-12(5-7-13)21-17-22-15(18)14(26-17)10-20-23-16(24)11-3-2-8-19-9-11/h2-10H,1H3,(H,21,22)(H,23,24)/b20-10+. The Morgan fingerprint density at radius 3 is 2.81 bits per heavy atom. The summed E-state index contributed by atoms with van der Waals surface area (Å²) in [4.78, 5) is 20.6. The van der Waals surface area contributed by atoms with Crippen molar-refractivity contribution in [3.05, 3.63) is 64.4 Å². The summed E-state index contributed by atoms with van der Waals surface area (Å²) in [6, 6.07) is 10.7. The number of hydrazone groups is 1. The van der Waals surface area contributed by atoms with Crippen molar-refractivity contribution in [3.63, 3.8) is 0 Å². The molecule has 0 spiro atoms. The molecule has 2 heterocycles. The number of hydrogen-bond donors (Lipinski definition) is 2. The molecule has 7 nitrogen and oxygen atoms in total. The lowest BCUT2D eigenvalue weighted by Gasteiger charge is -2.03. The van der Waals surface area contributed by atoms with Gasteiger partial charge in [0.15, 0.2) is 10.3 Å². The van der Waals surface area contributed by atoms with Crippen molar-refractivity contribution in [2.45, 2.75) is 0 Å². The molecule has 0 bridgehead atoms. The molecule has 2 aromatic heterocycles. The first kappa shape index (κ1) is 17.8. The largest absolute Gasteiger partial charge is 0.497 e. The number of amides is 1. The molecule has 0 aliphatic rings. The lowest BCUT2D eigenvalue weighted by molar-refractivity contribution is 0.0955. The highest BCUT2D eigenvalue weighted by molar-refractivity contribution is 7.17. The Hall–Kier alpha value is -2.97. The summed E-state index contributed by atoms with van der Waals surface area (Å²) >= 11 is 7.43. The number of aromatic nitrogens is 2. The van der Waals surface area contributed by atoms with Crippen molar-refractivity contribution in [1.29, 1.82) is 0 Å². The number of anilines is 2. The quantitative estimate of drug-likeness (QED) is 0.497. The Kier molecular flexibility index (Phi) is 5.77. The SMILES string of the molecule is COc1ccc(Nc2nc(Cl)c(/C=N/NC(=O)c3cccnc3)s2)cc1. The molecule has 0 atom stereocenters. The summed E-state index contributed by atoms with van der Waals surface area (Å²) in [5.41, 5.74) is 3.69. The van der Waals surface area contributed by atoms with Gasteiger partial charge in [-0.05, 0) is 36.4 Å². The molecular weight excluding hydrogens is 374 g/mol. The number of carbonyl (C=O) groups is 1. The van der Waals surface area contributed by atoms with Gasteiger partial charge in [-0.2, -0.15) is 5.10 Å². The lowest BCUT2D eigenvalue weighted by Crippen LogP contribution is -2.17. The van der Waals surface area contributed by atoms with E-state index in [9.17, 15) is 4.79 Å². The normalized spacial score (nSPS) is 10.7. The monoisotopic (exact) mass is 387 g/mol. The maximum absolute atomic E-state index is 11.9. The zero-order chi connectivity index (χ0) is 18.4. The second-order valence-corrected chi connectivity index (χ2v) is 6.36. The number of nitrogens with one attached hydrogen (secondary N) is 2. The third-order valence-electron chi connectivity index (χ3n) is 3.22. The molecule has 26 heavy (non-hydrogen) atoms. The van der Waals surface area contributed by atoms with Gasteiger partial charge in [-0.1, -0.05) is 22.9 Å². The first-order valence-electron chi connectivity index (χ1n) is 7.46. The maximum Gasteiger partial charge on any atom is 0.272 e. The van der Waals surface area contributed by atoms with Crippen molar-refractivity contribution in [2.24, 2.45) is 5.10 Å². The molecule has 0 aliphatic heterocycles. The fourth-order valence-corrected chi connectivity index (χ4v) is 3.00. The Balaban J connectivity index is 1.63. The molecule has 1 aromatic carbocycles. The topological polar surface area (TPSA) is 88.5 Å². The number of rotatable bonds is 6. The van der Waals surface area contributed by atoms with E-state index in [1.54, 1.807) is 25.4 Å². The van der Waals surface area contributed by atoms with Crippen molar-refractivity contribution < 1.29 is 9.53 Å². The Morgan fingerprint density at radius 1 is 1.31 bits per heavy atom. The molecule has 132 valence electrons. The van der Waals surface area contributed by atoms with Crippen LogP contribution < -0.4 is 15.5 Å². The fraction of sp³-hybridized carbons (Fsp3) is 0.0588. The highest BCUT2D eigenvalue weighted by Gasteiger charge is 2.09. The van der Waals surface area contributed by atoms with E-state index in [0.29, 0.717) is 20.7 Å². The van der Waals surface area contributed by atoms with Crippen molar-refractivity contribution in [2.75, 3.05) is 12.4 Å². The van der Waals surface area contributed by atoms with E-state index in [-0.39, 0.29) is 5.91 Å². The Bertz CT molecular complexity index is 913. The molecule has 9 heteroatoms. The van der Waals surface area contributed by atoms with Gasteiger partial charge in [0, 0.05) is 18.1 Å². The summed E-state index contributed by atoms with van der Waals surface area (Å²) in [6.45, 7) is 0. The number of nitrogens with zero attached hydrogens (tertiary/aromatic N) is 3. The minimum absolute atomic E-state index is 0.297. The molecule has 0 radical (unpaired) electrons. The lowest BCUT2D eigenvalue weighted by atomic mass is 10.3. The summed E-state index contributed by atoms with van der Waals surface area (Å²) < 4.78 is 5.12. The van der Waals surface area contributed by atoms with Gasteiger partial charge in [-0.15, -0.1) is 0 Å². The van der Waals surface area contributed by atoms with Crippen LogP contribution in [0.5, 0.6) is 5.75 Å². The van der Waals surface area contributed by atoms with Crippen LogP contribution in [0, 0.1) is 0 Å². The van der Waals surface area contributed by atoms with Gasteiger partial charge in [0.1, 0.15) is 5.75 Å². The van der Waals surface area contributed by atoms with Crippen LogP contribution in [-0.4, -0.2) is 29.2 Å². The van der Waals surface area contributed by atoms with E-state index in [0.717, 1.165) is 11.4 Å². The Labute approximate surface area is 158 Å². The van der Waals surface area contributed by atoms with E-state index >= 15 is 0 Å². The van der Waals surface area contributed by atoms with Crippen molar-refractivity contribution in [3.8, 4) is 5.75 Å². The average molecular weight is 388 g/mol. The third-order valence-corrected chi connectivity index (χ3v) is 4.53. The molecule has 0 unspecified atom stereocenters. The first-order chi connectivity index (χ1) is 12.7. The second kappa shape index (κ2) is 8.41. The minimum Gasteiger partial charge on any atom is -0.497 e. The summed E-state index contributed by atoms with van der Waals surface area (Å²) in [5.74, 6) is 0.413. The molecule has 0 saturated carbocycles. The van der Waals surface area contributed by atoms with Crippen LogP contribution in [0.4, 0.5) is 10.8 Å². The van der Waals surface area contributed by atoms with Gasteiger partial charge in [0.2, 0.25) is 0 Å². The molecule has 0 saturated heterocycles. The fourth-order valence-electron chi connectivity index (χ4n) is 1.96. The molecule has 3 aromatic rings. The molecular formula is C17H14ClN5O2S. The summed E-state index contributed by atoms with van der Waals surface area (Å²) in [5, 5.41) is 7.97. The van der Waals surface area contributed by atoms with Gasteiger partial charge >= 0.3 is 0 Å². The smallest absolute Gasteiger partial charge is 0.272 e. The zero-order valence-electron chi connectivity index (χ0n) is 13.6. The van der Waals surface area contributed by atoms with Gasteiger partial charge in [-0.25, -0.2) is 10.4 Å². The average Bonchev–Trinajstić information content (AvgIpc) is 3.02. The molecule has 0 fully saturated rings. The Morgan fingerprint density at radius 2 is 2.12 bits per heavy atom. The summed E-state index contributed by atoms with van der Waals surface area (Å²) in [6.07, 6.45) is 4.50. The second-order valence-electron chi connectivity index (χ2n) is 4.97. The number of benzene rings is 1. The molecule has 0 aliphatic carbocycles. The molecule has 3 rings (SSSR count). The predicted octanol–water partition coefficient (Wildman–Crippen LogP) is 3.71. The van der Waals surface area contributed by atoms with Crippen LogP contribution in [0.25, 0.3) is 0 Å². The van der Waals surface area contributed by atoms with Crippen molar-refractivity contribution >= 4 is 45.9 Å². The van der Waals surface area contributed by atoms with Gasteiger partial charge in [0.25, 0.3) is 5.91 Å². The van der Waals surface area contributed by atoms with Crippen LogP contribution in [0.2, 0.25) is 5.15 Å². The van der Waals surface area contributed by atoms with E-state index in [2.05, 4.69) is 25.8 Å². The third kappa shape index (κ3) is 4.56. The van der Waals surface area contributed by atoms with Gasteiger partial charge in [0.05, 0.1) is 23.8 Å². The minimum atomic E-state index is -0.355. The van der Waals surface area contributed by atoms with Crippen LogP contribution in [0.1, 0.15) is 15.2 Å². The number of methoxy groups -OCH3 is 1. The highest BCUT2D eigenvalue weighted by atomic mass is 35.5.